The van der Waals surface area contributed by atoms with Crippen molar-refractivity contribution >= 4 is 38.5 Å². The molecule has 2 atom stereocenters. The number of amides is 1. The van der Waals surface area contributed by atoms with Gasteiger partial charge in [0.2, 0.25) is 5.54 Å². The lowest BCUT2D eigenvalue weighted by Gasteiger charge is -2.26. The Balaban J connectivity index is 2.56. The highest BCUT2D eigenvalue weighted by atomic mass is 79.9. The smallest absolute Gasteiger partial charge is 0.265 e. The van der Waals surface area contributed by atoms with Crippen molar-refractivity contribution in [3.8, 4) is 6.07 Å². The highest BCUT2D eigenvalue weighted by molar-refractivity contribution is 9.10. The van der Waals surface area contributed by atoms with Crippen molar-refractivity contribution in [1.82, 2.24) is 4.72 Å². The number of nitriles is 1. The number of rotatable bonds is 2. The molecule has 1 heterocycles. The maximum absolute atomic E-state index is 12.3. The van der Waals surface area contributed by atoms with Crippen LogP contribution in [0.2, 0.25) is 0 Å². The summed E-state index contributed by atoms with van der Waals surface area (Å²) in [6, 6.07) is 7.19. The van der Waals surface area contributed by atoms with Gasteiger partial charge < -0.3 is 5.32 Å². The molecule has 1 aliphatic rings. The number of anilines is 1. The molecule has 0 spiro atoms. The summed E-state index contributed by atoms with van der Waals surface area (Å²) >= 11 is 3.35. The van der Waals surface area contributed by atoms with Crippen LogP contribution >= 0.6 is 15.9 Å². The Hall–Kier alpha value is -1.23. The lowest BCUT2D eigenvalue weighted by molar-refractivity contribution is -0.119. The van der Waals surface area contributed by atoms with Crippen molar-refractivity contribution in [3.05, 3.63) is 28.2 Å². The molecule has 1 aromatic carbocycles. The third-order valence-electron chi connectivity index (χ3n) is 2.95. The van der Waals surface area contributed by atoms with Crippen molar-refractivity contribution in [1.29, 1.82) is 5.26 Å². The van der Waals surface area contributed by atoms with Gasteiger partial charge in [0.25, 0.3) is 5.91 Å². The summed E-state index contributed by atoms with van der Waals surface area (Å²) in [5.41, 5.74) is -0.623. The van der Waals surface area contributed by atoms with E-state index in [2.05, 4.69) is 26.0 Å². The molecule has 0 aromatic heterocycles. The van der Waals surface area contributed by atoms with Crippen LogP contribution in [0.25, 0.3) is 0 Å². The average molecular weight is 356 g/mol. The maximum Gasteiger partial charge on any atom is 0.265 e. The van der Waals surface area contributed by atoms with Gasteiger partial charge in [0.05, 0.1) is 15.7 Å². The number of hydrogen-bond acceptors (Lipinski definition) is 3. The Morgan fingerprint density at radius 2 is 2.10 bits per heavy atom. The largest absolute Gasteiger partial charge is 0.323 e. The molecule has 106 valence electrons. The molecular formula is C13H14BrN3O2S. The second kappa shape index (κ2) is 4.95. The van der Waals surface area contributed by atoms with Gasteiger partial charge in [-0.2, -0.15) is 5.26 Å². The van der Waals surface area contributed by atoms with Crippen LogP contribution in [0, 0.1) is 11.3 Å². The fourth-order valence-corrected chi connectivity index (χ4v) is 3.35. The zero-order chi connectivity index (χ0) is 15.1. The molecule has 0 fully saturated rings. The Labute approximate surface area is 128 Å². The second-order valence-electron chi connectivity index (χ2n) is 5.46. The Morgan fingerprint density at radius 3 is 2.65 bits per heavy atom. The van der Waals surface area contributed by atoms with Gasteiger partial charge in [0.1, 0.15) is 6.07 Å². The molecule has 20 heavy (non-hydrogen) atoms. The van der Waals surface area contributed by atoms with E-state index in [0.717, 1.165) is 0 Å². The predicted octanol–water partition coefficient (Wildman–Crippen LogP) is 2.17. The third-order valence-corrected chi connectivity index (χ3v) is 5.21. The van der Waals surface area contributed by atoms with Crippen molar-refractivity contribution in [2.24, 2.45) is 0 Å². The van der Waals surface area contributed by atoms with Gasteiger partial charge in [0, 0.05) is 15.7 Å². The molecule has 0 saturated heterocycles. The van der Waals surface area contributed by atoms with Gasteiger partial charge >= 0.3 is 0 Å². The summed E-state index contributed by atoms with van der Waals surface area (Å²) < 4.78 is 15.0. The van der Waals surface area contributed by atoms with Gasteiger partial charge in [-0.3, -0.25) is 4.79 Å². The normalized spacial score (nSPS) is 22.9. The Bertz CT molecular complexity index is 648. The summed E-state index contributed by atoms with van der Waals surface area (Å²) in [5, 5.41) is 12.2. The van der Waals surface area contributed by atoms with Crippen molar-refractivity contribution in [3.63, 3.8) is 0 Å². The van der Waals surface area contributed by atoms with Crippen LogP contribution in [-0.4, -0.2) is 14.9 Å². The molecule has 1 aromatic rings. The van der Waals surface area contributed by atoms with Crippen LogP contribution in [0.4, 0.5) is 5.69 Å². The fraction of sp³-hybridized carbons (Fsp3) is 0.385. The van der Waals surface area contributed by atoms with Crippen LogP contribution in [0.5, 0.6) is 0 Å². The fourth-order valence-electron chi connectivity index (χ4n) is 1.86. The Morgan fingerprint density at radius 1 is 1.45 bits per heavy atom. The van der Waals surface area contributed by atoms with Crippen molar-refractivity contribution in [2.45, 2.75) is 31.1 Å². The predicted molar refractivity (Wildman–Crippen MR) is 81.1 cm³/mol. The zero-order valence-corrected chi connectivity index (χ0v) is 13.7. The van der Waals surface area contributed by atoms with Crippen molar-refractivity contribution < 1.29 is 9.00 Å². The lowest BCUT2D eigenvalue weighted by atomic mass is 9.94. The second-order valence-corrected chi connectivity index (χ2v) is 8.28. The van der Waals surface area contributed by atoms with Crippen LogP contribution in [0.3, 0.4) is 0 Å². The standard InChI is InChI=1S/C13H14BrN3O2S/c1-12(2,3)20(19)17-13(7-15)10-8(14)5-4-6-9(10)16-11(13)18/h4-6,17H,1-3H3,(H,16,18)/t13-,20?/m1/s1. The number of nitrogens with one attached hydrogen (secondary N) is 2. The van der Waals surface area contributed by atoms with Gasteiger partial charge in [-0.25, -0.2) is 8.93 Å². The summed E-state index contributed by atoms with van der Waals surface area (Å²) in [7, 11) is -1.56. The van der Waals surface area contributed by atoms with Crippen LogP contribution in [-0.2, 0) is 21.3 Å². The molecule has 0 saturated carbocycles. The SMILES string of the molecule is CC(C)(C)S(=O)N[C@@]1(C#N)C(=O)Nc2cccc(Br)c21. The third kappa shape index (κ3) is 2.28. The number of hydrogen-bond donors (Lipinski definition) is 2. The number of carbonyl (C=O) groups excluding carboxylic acids is 1. The summed E-state index contributed by atoms with van der Waals surface area (Å²) in [6.07, 6.45) is 0. The number of benzene rings is 1. The number of halogens is 1. The first kappa shape index (κ1) is 15.2. The summed E-state index contributed by atoms with van der Waals surface area (Å²) in [6.45, 7) is 5.32. The molecule has 0 radical (unpaired) electrons. The van der Waals surface area contributed by atoms with E-state index in [9.17, 15) is 14.3 Å². The molecular weight excluding hydrogens is 342 g/mol. The lowest BCUT2D eigenvalue weighted by Crippen LogP contribution is -2.51. The Kier molecular flexibility index (Phi) is 3.75. The zero-order valence-electron chi connectivity index (χ0n) is 11.3. The first-order valence-corrected chi connectivity index (χ1v) is 7.88. The van der Waals surface area contributed by atoms with E-state index in [4.69, 9.17) is 0 Å². The van der Waals surface area contributed by atoms with Crippen molar-refractivity contribution in [2.75, 3.05) is 5.32 Å². The van der Waals surface area contributed by atoms with Crippen LogP contribution in [0.15, 0.2) is 22.7 Å². The monoisotopic (exact) mass is 355 g/mol. The van der Waals surface area contributed by atoms with Crippen LogP contribution in [0.1, 0.15) is 26.3 Å². The first-order chi connectivity index (χ1) is 9.22. The summed E-state index contributed by atoms with van der Waals surface area (Å²) in [4.78, 5) is 12.2. The highest BCUT2D eigenvalue weighted by Crippen LogP contribution is 2.41. The molecule has 1 aliphatic heterocycles. The van der Waals surface area contributed by atoms with Gasteiger partial charge in [0.15, 0.2) is 0 Å². The quantitative estimate of drug-likeness (QED) is 0.852. The first-order valence-electron chi connectivity index (χ1n) is 5.94. The molecule has 0 aliphatic carbocycles. The minimum atomic E-state index is -1.65. The van der Waals surface area contributed by atoms with E-state index in [1.807, 2.05) is 6.07 Å². The van der Waals surface area contributed by atoms with E-state index in [1.165, 1.54) is 0 Å². The maximum atomic E-state index is 12.3. The molecule has 0 bridgehead atoms. The average Bonchev–Trinajstić information content (AvgIpc) is 2.62. The van der Waals surface area contributed by atoms with E-state index < -0.39 is 27.2 Å². The number of nitrogens with zero attached hydrogens (tertiary/aromatic N) is 1. The van der Waals surface area contributed by atoms with E-state index in [1.54, 1.807) is 39.0 Å². The van der Waals surface area contributed by atoms with E-state index in [0.29, 0.717) is 15.7 Å². The van der Waals surface area contributed by atoms with Gasteiger partial charge in [-0.05, 0) is 32.9 Å². The molecule has 2 rings (SSSR count). The number of fused-ring (bicyclic) bond motifs is 1. The molecule has 2 N–H and O–H groups in total. The topological polar surface area (TPSA) is 82.0 Å². The van der Waals surface area contributed by atoms with Gasteiger partial charge in [-0.15, -0.1) is 0 Å². The van der Waals surface area contributed by atoms with E-state index in [-0.39, 0.29) is 0 Å². The van der Waals surface area contributed by atoms with Crippen LogP contribution < -0.4 is 10.0 Å². The minimum absolute atomic E-state index is 0.477. The van der Waals surface area contributed by atoms with E-state index >= 15 is 0 Å². The molecule has 7 heteroatoms. The molecule has 1 amide bonds. The highest BCUT2D eigenvalue weighted by Gasteiger charge is 2.51. The minimum Gasteiger partial charge on any atom is -0.323 e. The van der Waals surface area contributed by atoms with Gasteiger partial charge in [-0.1, -0.05) is 22.0 Å². The molecule has 1 unspecified atom stereocenters. The number of carbonyl (C=O) groups is 1. The summed E-state index contributed by atoms with van der Waals surface area (Å²) in [5.74, 6) is -0.514. The molecule has 5 nitrogen and oxygen atoms in total.